The minimum Gasteiger partial charge on any atom is -0.461 e. The fourth-order valence-electron chi connectivity index (χ4n) is 2.94. The largest absolute Gasteiger partial charge is 0.461 e. The molecule has 2 aromatic heterocycles. The number of carbonyl (C=O) groups is 1. The van der Waals surface area contributed by atoms with Gasteiger partial charge in [0.2, 0.25) is 0 Å². The lowest BCUT2D eigenvalue weighted by atomic mass is 10.0. The summed E-state index contributed by atoms with van der Waals surface area (Å²) in [5.41, 5.74) is 1.65. The zero-order valence-electron chi connectivity index (χ0n) is 15.7. The van der Waals surface area contributed by atoms with Crippen LogP contribution in [0, 0.1) is 0 Å². The van der Waals surface area contributed by atoms with Crippen molar-refractivity contribution in [3.05, 3.63) is 50.3 Å². The molecular weight excluding hydrogens is 428 g/mol. The van der Waals surface area contributed by atoms with Gasteiger partial charge in [-0.2, -0.15) is 0 Å². The van der Waals surface area contributed by atoms with Gasteiger partial charge in [-0.25, -0.2) is 9.78 Å². The number of fused-ring (bicyclic) bond motifs is 1. The maximum absolute atomic E-state index is 13.3. The predicted octanol–water partition coefficient (Wildman–Crippen LogP) is 4.96. The van der Waals surface area contributed by atoms with Crippen LogP contribution in [0.15, 0.2) is 39.9 Å². The van der Waals surface area contributed by atoms with E-state index in [1.807, 2.05) is 24.3 Å². The summed E-state index contributed by atoms with van der Waals surface area (Å²) in [6.07, 6.45) is 2.01. The second-order valence-corrected chi connectivity index (χ2v) is 8.56. The molecule has 0 saturated carbocycles. The van der Waals surface area contributed by atoms with Gasteiger partial charge >= 0.3 is 5.97 Å². The van der Waals surface area contributed by atoms with Crippen LogP contribution in [0.25, 0.3) is 21.3 Å². The zero-order chi connectivity index (χ0) is 19.7. The number of halogens is 1. The Morgan fingerprint density at radius 2 is 1.93 bits per heavy atom. The Bertz CT molecular complexity index is 1040. The van der Waals surface area contributed by atoms with E-state index < -0.39 is 12.0 Å². The van der Waals surface area contributed by atoms with Crippen LogP contribution in [-0.2, 0) is 16.0 Å². The van der Waals surface area contributed by atoms with Gasteiger partial charge < -0.3 is 4.74 Å². The van der Waals surface area contributed by atoms with Crippen molar-refractivity contribution in [2.24, 2.45) is 0 Å². The number of benzene rings is 1. The summed E-state index contributed by atoms with van der Waals surface area (Å²) in [4.78, 5) is 31.8. The van der Waals surface area contributed by atoms with Crippen molar-refractivity contribution in [3.63, 3.8) is 0 Å². The van der Waals surface area contributed by atoms with Crippen LogP contribution < -0.4 is 5.56 Å². The van der Waals surface area contributed by atoms with E-state index in [1.54, 1.807) is 20.8 Å². The molecule has 0 saturated heterocycles. The normalized spacial score (nSPS) is 12.5. The molecule has 1 unspecified atom stereocenters. The fourth-order valence-corrected chi connectivity index (χ4v) is 4.30. The zero-order valence-corrected chi connectivity index (χ0v) is 18.1. The Labute approximate surface area is 170 Å². The van der Waals surface area contributed by atoms with E-state index in [0.717, 1.165) is 26.9 Å². The van der Waals surface area contributed by atoms with E-state index in [4.69, 9.17) is 4.74 Å². The smallest absolute Gasteiger partial charge is 0.329 e. The molecule has 0 aliphatic heterocycles. The summed E-state index contributed by atoms with van der Waals surface area (Å²) in [6.45, 7) is 7.29. The molecule has 0 spiro atoms. The molecule has 3 rings (SSSR count). The summed E-state index contributed by atoms with van der Waals surface area (Å²) in [5, 5.41) is 0.561. The summed E-state index contributed by atoms with van der Waals surface area (Å²) in [6, 6.07) is 7.14. The summed E-state index contributed by atoms with van der Waals surface area (Å²) in [5.74, 6) is -0.440. The molecule has 0 fully saturated rings. The molecule has 27 heavy (non-hydrogen) atoms. The number of carbonyl (C=O) groups excluding carboxylic acids is 1. The average molecular weight is 449 g/mol. The summed E-state index contributed by atoms with van der Waals surface area (Å²) < 4.78 is 7.60. The molecule has 0 N–H and O–H groups in total. The number of ether oxygens (including phenoxy) is 1. The van der Waals surface area contributed by atoms with Gasteiger partial charge in [-0.3, -0.25) is 9.36 Å². The van der Waals surface area contributed by atoms with E-state index in [0.29, 0.717) is 10.2 Å². The third-order valence-corrected chi connectivity index (χ3v) is 6.05. The molecule has 1 atom stereocenters. The lowest BCUT2D eigenvalue weighted by molar-refractivity contribution is -0.151. The van der Waals surface area contributed by atoms with Crippen molar-refractivity contribution in [1.82, 2.24) is 9.55 Å². The second kappa shape index (κ2) is 7.94. The van der Waals surface area contributed by atoms with E-state index in [2.05, 4.69) is 27.8 Å². The highest BCUT2D eigenvalue weighted by Crippen LogP contribution is 2.37. The number of thiophene rings is 1. The van der Waals surface area contributed by atoms with Crippen molar-refractivity contribution in [3.8, 4) is 11.1 Å². The first-order valence-electron chi connectivity index (χ1n) is 8.82. The number of rotatable bonds is 5. The number of hydrogen-bond donors (Lipinski definition) is 0. The minimum absolute atomic E-state index is 0.220. The molecule has 2 heterocycles. The van der Waals surface area contributed by atoms with Gasteiger partial charge in [0.25, 0.3) is 5.56 Å². The van der Waals surface area contributed by atoms with Gasteiger partial charge in [0.1, 0.15) is 10.9 Å². The number of hydrogen-bond acceptors (Lipinski definition) is 5. The number of esters is 1. The molecule has 0 radical (unpaired) electrons. The van der Waals surface area contributed by atoms with Gasteiger partial charge in [0.05, 0.1) is 17.8 Å². The maximum atomic E-state index is 13.3. The lowest BCUT2D eigenvalue weighted by Crippen LogP contribution is -2.30. The molecule has 7 heteroatoms. The van der Waals surface area contributed by atoms with Gasteiger partial charge in [0.15, 0.2) is 0 Å². The third-order valence-electron chi connectivity index (χ3n) is 4.27. The number of aromatic nitrogens is 2. The first kappa shape index (κ1) is 19.8. The number of nitrogens with zero attached hydrogens (tertiary/aromatic N) is 2. The maximum Gasteiger partial charge on any atom is 0.329 e. The van der Waals surface area contributed by atoms with Crippen molar-refractivity contribution in [2.45, 2.75) is 46.3 Å². The summed E-state index contributed by atoms with van der Waals surface area (Å²) in [7, 11) is 0. The minimum atomic E-state index is -0.737. The highest BCUT2D eigenvalue weighted by Gasteiger charge is 2.23. The Kier molecular flexibility index (Phi) is 5.81. The SMILES string of the molecule is CCc1sc2ncn(C(C)C(=O)OC(C)C)c(=O)c2c1-c1ccc(Br)cc1. The van der Waals surface area contributed by atoms with Crippen LogP contribution in [0.4, 0.5) is 0 Å². The van der Waals surface area contributed by atoms with Crippen LogP contribution in [-0.4, -0.2) is 21.6 Å². The standard InChI is InChI=1S/C20H21BrN2O3S/c1-5-15-16(13-6-8-14(21)9-7-13)17-18(27-15)22-10-23(19(17)24)12(4)20(25)26-11(2)3/h6-12H,5H2,1-4H3. The van der Waals surface area contributed by atoms with Gasteiger partial charge in [-0.15, -0.1) is 11.3 Å². The quantitative estimate of drug-likeness (QED) is 0.517. The lowest BCUT2D eigenvalue weighted by Gasteiger charge is -2.16. The third kappa shape index (κ3) is 3.84. The van der Waals surface area contributed by atoms with Crippen LogP contribution in [0.5, 0.6) is 0 Å². The molecular formula is C20H21BrN2O3S. The Balaban J connectivity index is 2.20. The Hall–Kier alpha value is -1.99. The Morgan fingerprint density at radius 3 is 2.52 bits per heavy atom. The van der Waals surface area contributed by atoms with Crippen LogP contribution in [0.3, 0.4) is 0 Å². The van der Waals surface area contributed by atoms with Crippen molar-refractivity contribution in [2.75, 3.05) is 0 Å². The molecule has 0 aliphatic rings. The topological polar surface area (TPSA) is 61.2 Å². The highest BCUT2D eigenvalue weighted by molar-refractivity contribution is 9.10. The number of aryl methyl sites for hydroxylation is 1. The van der Waals surface area contributed by atoms with Crippen molar-refractivity contribution >= 4 is 43.5 Å². The van der Waals surface area contributed by atoms with Gasteiger partial charge in [-0.05, 0) is 44.9 Å². The molecule has 0 aliphatic carbocycles. The Morgan fingerprint density at radius 1 is 1.26 bits per heavy atom. The average Bonchev–Trinajstić information content (AvgIpc) is 3.01. The predicted molar refractivity (Wildman–Crippen MR) is 112 cm³/mol. The van der Waals surface area contributed by atoms with E-state index in [-0.39, 0.29) is 11.7 Å². The van der Waals surface area contributed by atoms with E-state index >= 15 is 0 Å². The fraction of sp³-hybridized carbons (Fsp3) is 0.350. The monoisotopic (exact) mass is 448 g/mol. The highest BCUT2D eigenvalue weighted by atomic mass is 79.9. The van der Waals surface area contributed by atoms with Crippen LogP contribution >= 0.6 is 27.3 Å². The molecule has 0 bridgehead atoms. The van der Waals surface area contributed by atoms with E-state index in [9.17, 15) is 9.59 Å². The van der Waals surface area contributed by atoms with Crippen LogP contribution in [0.1, 0.15) is 38.6 Å². The molecule has 1 aromatic carbocycles. The molecule has 3 aromatic rings. The molecule has 5 nitrogen and oxygen atoms in total. The van der Waals surface area contributed by atoms with Gasteiger partial charge in [0, 0.05) is 14.9 Å². The van der Waals surface area contributed by atoms with Crippen LogP contribution in [0.2, 0.25) is 0 Å². The van der Waals surface area contributed by atoms with E-state index in [1.165, 1.54) is 22.2 Å². The second-order valence-electron chi connectivity index (χ2n) is 6.56. The van der Waals surface area contributed by atoms with Crippen molar-refractivity contribution < 1.29 is 9.53 Å². The van der Waals surface area contributed by atoms with Gasteiger partial charge in [-0.1, -0.05) is 35.0 Å². The summed E-state index contributed by atoms with van der Waals surface area (Å²) >= 11 is 4.97. The molecule has 0 amide bonds. The first-order chi connectivity index (χ1) is 12.8. The first-order valence-corrected chi connectivity index (χ1v) is 10.4. The van der Waals surface area contributed by atoms with Crippen molar-refractivity contribution in [1.29, 1.82) is 0 Å². The molecule has 142 valence electrons.